The third-order valence-electron chi connectivity index (χ3n) is 4.36. The largest absolute Gasteiger partial charge is 0.491 e. The van der Waals surface area contributed by atoms with E-state index in [2.05, 4.69) is 14.7 Å². The lowest BCUT2D eigenvalue weighted by Crippen LogP contribution is -2.41. The van der Waals surface area contributed by atoms with Gasteiger partial charge in [0.2, 0.25) is 0 Å². The predicted octanol–water partition coefficient (Wildman–Crippen LogP) is 2.27. The van der Waals surface area contributed by atoms with Crippen LogP contribution in [0.3, 0.4) is 0 Å². The molecule has 1 saturated heterocycles. The summed E-state index contributed by atoms with van der Waals surface area (Å²) in [5, 5.41) is 14.5. The minimum atomic E-state index is -0.461. The van der Waals surface area contributed by atoms with E-state index < -0.39 is 6.10 Å². The highest BCUT2D eigenvalue weighted by molar-refractivity contribution is 5.27. The van der Waals surface area contributed by atoms with Gasteiger partial charge in [-0.2, -0.15) is 5.10 Å². The van der Waals surface area contributed by atoms with Crippen LogP contribution < -0.4 is 4.74 Å². The number of nitrogens with zero attached hydrogens (tertiary/aromatic N) is 3. The Morgan fingerprint density at radius 2 is 2.13 bits per heavy atom. The Labute approximate surface area is 137 Å². The number of likely N-dealkylation sites (tertiary alicyclic amines) is 1. The van der Waals surface area contributed by atoms with Crippen molar-refractivity contribution >= 4 is 0 Å². The van der Waals surface area contributed by atoms with E-state index in [4.69, 9.17) is 4.74 Å². The predicted molar refractivity (Wildman–Crippen MR) is 89.6 cm³/mol. The number of aliphatic hydroxyl groups excluding tert-OH is 1. The molecule has 2 heterocycles. The Morgan fingerprint density at radius 1 is 1.30 bits per heavy atom. The molecule has 23 heavy (non-hydrogen) atoms. The van der Waals surface area contributed by atoms with Gasteiger partial charge >= 0.3 is 0 Å². The summed E-state index contributed by atoms with van der Waals surface area (Å²) in [4.78, 5) is 2.31. The van der Waals surface area contributed by atoms with Crippen LogP contribution in [0.15, 0.2) is 42.7 Å². The molecule has 0 amide bonds. The first kappa shape index (κ1) is 16.0. The molecular formula is C18H25N3O2. The molecule has 1 aromatic carbocycles. The second-order valence-electron chi connectivity index (χ2n) is 6.30. The number of β-amino-alcohol motifs (C(OH)–C–C–N with tert-alkyl or cyclic N) is 1. The number of benzene rings is 1. The molecule has 0 aliphatic carbocycles. The van der Waals surface area contributed by atoms with Crippen molar-refractivity contribution in [1.82, 2.24) is 14.7 Å². The van der Waals surface area contributed by atoms with Gasteiger partial charge < -0.3 is 14.7 Å². The van der Waals surface area contributed by atoms with E-state index >= 15 is 0 Å². The third kappa shape index (κ3) is 4.56. The highest BCUT2D eigenvalue weighted by Crippen LogP contribution is 2.21. The molecule has 0 saturated carbocycles. The Bertz CT molecular complexity index is 592. The molecule has 3 rings (SSSR count). The molecule has 1 unspecified atom stereocenters. The molecule has 0 radical (unpaired) electrons. The maximum absolute atomic E-state index is 10.2. The summed E-state index contributed by atoms with van der Waals surface area (Å²) >= 11 is 0. The summed E-state index contributed by atoms with van der Waals surface area (Å²) in [6.07, 6.45) is 5.56. The zero-order valence-electron chi connectivity index (χ0n) is 13.6. The van der Waals surface area contributed by atoms with E-state index in [1.807, 2.05) is 49.6 Å². The molecule has 2 aromatic rings. The van der Waals surface area contributed by atoms with Crippen molar-refractivity contribution in [3.8, 4) is 5.75 Å². The lowest BCUT2D eigenvalue weighted by molar-refractivity contribution is 0.0550. The molecule has 1 fully saturated rings. The van der Waals surface area contributed by atoms with Gasteiger partial charge in [-0.05, 0) is 43.5 Å². The fourth-order valence-electron chi connectivity index (χ4n) is 3.11. The van der Waals surface area contributed by atoms with E-state index in [0.29, 0.717) is 19.2 Å². The van der Waals surface area contributed by atoms with E-state index in [-0.39, 0.29) is 0 Å². The average Bonchev–Trinajstić information content (AvgIpc) is 3.08. The van der Waals surface area contributed by atoms with Crippen LogP contribution in [0.5, 0.6) is 5.75 Å². The highest BCUT2D eigenvalue weighted by atomic mass is 16.5. The molecule has 1 aliphatic rings. The first-order valence-electron chi connectivity index (χ1n) is 8.30. The van der Waals surface area contributed by atoms with Crippen molar-refractivity contribution in [3.05, 3.63) is 48.3 Å². The third-order valence-corrected chi connectivity index (χ3v) is 4.36. The van der Waals surface area contributed by atoms with Gasteiger partial charge in [-0.1, -0.05) is 12.1 Å². The molecule has 1 aliphatic heterocycles. The van der Waals surface area contributed by atoms with Gasteiger partial charge in [-0.3, -0.25) is 4.68 Å². The summed E-state index contributed by atoms with van der Waals surface area (Å²) in [5.74, 6) is 0.821. The van der Waals surface area contributed by atoms with Gasteiger partial charge in [-0.15, -0.1) is 0 Å². The van der Waals surface area contributed by atoms with Crippen LogP contribution in [0.2, 0.25) is 0 Å². The smallest absolute Gasteiger partial charge is 0.119 e. The first-order valence-corrected chi connectivity index (χ1v) is 8.30. The lowest BCUT2D eigenvalue weighted by atomic mass is 10.1. The summed E-state index contributed by atoms with van der Waals surface area (Å²) in [6.45, 7) is 5.02. The Hall–Kier alpha value is -1.85. The summed E-state index contributed by atoms with van der Waals surface area (Å²) in [7, 11) is 0. The number of aliphatic hydroxyl groups is 1. The molecule has 124 valence electrons. The molecule has 0 bridgehead atoms. The number of ether oxygens (including phenoxy) is 1. The van der Waals surface area contributed by atoms with E-state index in [0.717, 1.165) is 37.2 Å². The van der Waals surface area contributed by atoms with Crippen molar-refractivity contribution in [1.29, 1.82) is 0 Å². The fourth-order valence-corrected chi connectivity index (χ4v) is 3.11. The van der Waals surface area contributed by atoms with Gasteiger partial charge in [0.25, 0.3) is 0 Å². The van der Waals surface area contributed by atoms with Crippen LogP contribution in [-0.2, 0) is 0 Å². The molecule has 0 spiro atoms. The molecule has 5 nitrogen and oxygen atoms in total. The second-order valence-corrected chi connectivity index (χ2v) is 6.30. The maximum Gasteiger partial charge on any atom is 0.119 e. The molecule has 1 atom stereocenters. The average molecular weight is 315 g/mol. The number of hydrogen-bond donors (Lipinski definition) is 1. The van der Waals surface area contributed by atoms with Crippen LogP contribution in [0.25, 0.3) is 0 Å². The van der Waals surface area contributed by atoms with Gasteiger partial charge in [0.1, 0.15) is 18.5 Å². The van der Waals surface area contributed by atoms with Crippen LogP contribution in [0.1, 0.15) is 24.4 Å². The number of aromatic nitrogens is 2. The quantitative estimate of drug-likeness (QED) is 0.888. The monoisotopic (exact) mass is 315 g/mol. The highest BCUT2D eigenvalue weighted by Gasteiger charge is 2.22. The minimum absolute atomic E-state index is 0.336. The van der Waals surface area contributed by atoms with Crippen LogP contribution in [0, 0.1) is 6.92 Å². The first-order chi connectivity index (χ1) is 11.2. The van der Waals surface area contributed by atoms with Crippen LogP contribution >= 0.6 is 0 Å². The normalized spacial score (nSPS) is 18.0. The van der Waals surface area contributed by atoms with Crippen LogP contribution in [-0.4, -0.2) is 52.1 Å². The number of aryl methyl sites for hydroxylation is 1. The number of piperidine rings is 1. The second kappa shape index (κ2) is 7.62. The number of rotatable bonds is 6. The zero-order valence-corrected chi connectivity index (χ0v) is 13.6. The summed E-state index contributed by atoms with van der Waals surface area (Å²) in [5.41, 5.74) is 1.16. The minimum Gasteiger partial charge on any atom is -0.491 e. The summed E-state index contributed by atoms with van der Waals surface area (Å²) < 4.78 is 7.73. The molecule has 5 heteroatoms. The fraction of sp³-hybridized carbons (Fsp3) is 0.500. The molecule has 1 N–H and O–H groups in total. The SMILES string of the molecule is Cc1cccc(OCC(O)CN2CCC(n3cccn3)CC2)c1. The number of hydrogen-bond acceptors (Lipinski definition) is 4. The van der Waals surface area contributed by atoms with Gasteiger partial charge in [0, 0.05) is 32.0 Å². The Kier molecular flexibility index (Phi) is 5.31. The standard InChI is InChI=1S/C18H25N3O2/c1-15-4-2-5-18(12-15)23-14-17(22)13-20-10-6-16(7-11-20)21-9-3-8-19-21/h2-5,8-9,12,16-17,22H,6-7,10-11,13-14H2,1H3. The van der Waals surface area contributed by atoms with Crippen molar-refractivity contribution in [2.75, 3.05) is 26.2 Å². The maximum atomic E-state index is 10.2. The van der Waals surface area contributed by atoms with E-state index in [1.165, 1.54) is 0 Å². The molecule has 1 aromatic heterocycles. The van der Waals surface area contributed by atoms with E-state index in [1.54, 1.807) is 0 Å². The Balaban J connectivity index is 1.40. The van der Waals surface area contributed by atoms with Crippen LogP contribution in [0.4, 0.5) is 0 Å². The van der Waals surface area contributed by atoms with Crippen molar-refractivity contribution in [2.24, 2.45) is 0 Å². The van der Waals surface area contributed by atoms with Gasteiger partial charge in [-0.25, -0.2) is 0 Å². The van der Waals surface area contributed by atoms with E-state index in [9.17, 15) is 5.11 Å². The molecular weight excluding hydrogens is 290 g/mol. The zero-order chi connectivity index (χ0) is 16.1. The topological polar surface area (TPSA) is 50.5 Å². The lowest BCUT2D eigenvalue weighted by Gasteiger charge is -2.33. The van der Waals surface area contributed by atoms with Crippen molar-refractivity contribution in [3.63, 3.8) is 0 Å². The Morgan fingerprint density at radius 3 is 2.83 bits per heavy atom. The van der Waals surface area contributed by atoms with Crippen molar-refractivity contribution in [2.45, 2.75) is 31.9 Å². The van der Waals surface area contributed by atoms with Gasteiger partial charge in [0.05, 0.1) is 6.04 Å². The van der Waals surface area contributed by atoms with Gasteiger partial charge in [0.15, 0.2) is 0 Å². The summed E-state index contributed by atoms with van der Waals surface area (Å²) in [6, 6.07) is 10.4. The van der Waals surface area contributed by atoms with Crippen molar-refractivity contribution < 1.29 is 9.84 Å².